The molecule has 0 rings (SSSR count). The van der Waals surface area contributed by atoms with E-state index in [4.69, 9.17) is 0 Å². The Hall–Kier alpha value is -0.470. The third-order valence-corrected chi connectivity index (χ3v) is 0.657. The van der Waals surface area contributed by atoms with Crippen molar-refractivity contribution in [1.29, 1.82) is 0 Å². The minimum atomic E-state index is -2.90. The van der Waals surface area contributed by atoms with Gasteiger partial charge in [-0.3, -0.25) is 0 Å². The number of nitrogens with zero attached hydrogens (tertiary/aromatic N) is 1. The molecule has 0 aromatic rings. The molecule has 1 nitrogen and oxygen atoms in total. The van der Waals surface area contributed by atoms with E-state index in [1.165, 1.54) is 6.92 Å². The van der Waals surface area contributed by atoms with Gasteiger partial charge in [-0.2, -0.15) is 8.78 Å². The van der Waals surface area contributed by atoms with Gasteiger partial charge in [0.1, 0.15) is 0 Å². The minimum Gasteiger partial charge on any atom is -0.233 e. The molecule has 0 amide bonds. The maximum atomic E-state index is 11.7. The zero-order valence-corrected chi connectivity index (χ0v) is 4.12. The molecule has 0 fully saturated rings. The van der Waals surface area contributed by atoms with Gasteiger partial charge in [-0.25, -0.2) is 4.99 Å². The molecule has 0 radical (unpaired) electrons. The molecule has 0 spiro atoms. The molecule has 3 heteroatoms. The summed E-state index contributed by atoms with van der Waals surface area (Å²) in [6.07, 6.45) is -0.267. The molecule has 0 bridgehead atoms. The first-order valence-electron chi connectivity index (χ1n) is 1.98. The summed E-state index contributed by atoms with van der Waals surface area (Å²) < 4.78 is 23.3. The Labute approximate surface area is 41.1 Å². The van der Waals surface area contributed by atoms with E-state index in [2.05, 4.69) is 11.7 Å². The highest BCUT2D eigenvalue weighted by Crippen LogP contribution is 2.17. The van der Waals surface area contributed by atoms with Crippen molar-refractivity contribution >= 4 is 6.72 Å². The standard InChI is InChI=1S/C4H7F2N/c1-3-4(5,6)7-2/h2-3H2,1H3. The molecule has 0 saturated carbocycles. The monoisotopic (exact) mass is 107 g/mol. The summed E-state index contributed by atoms with van der Waals surface area (Å²) >= 11 is 0. The van der Waals surface area contributed by atoms with E-state index in [9.17, 15) is 8.78 Å². The Balaban J connectivity index is 3.58. The fourth-order valence-corrected chi connectivity index (χ4v) is 0.112. The Morgan fingerprint density at radius 1 is 1.71 bits per heavy atom. The molecule has 0 atom stereocenters. The van der Waals surface area contributed by atoms with Crippen molar-refractivity contribution in [2.45, 2.75) is 19.4 Å². The van der Waals surface area contributed by atoms with Gasteiger partial charge in [0.05, 0.1) is 0 Å². The van der Waals surface area contributed by atoms with Crippen LogP contribution >= 0.6 is 0 Å². The fourth-order valence-electron chi connectivity index (χ4n) is 0.112. The van der Waals surface area contributed by atoms with E-state index < -0.39 is 6.05 Å². The zero-order valence-electron chi connectivity index (χ0n) is 4.12. The highest BCUT2D eigenvalue weighted by Gasteiger charge is 2.21. The van der Waals surface area contributed by atoms with Crippen LogP contribution in [0, 0.1) is 0 Å². The van der Waals surface area contributed by atoms with Crippen LogP contribution in [-0.4, -0.2) is 12.8 Å². The molecule has 0 N–H and O–H groups in total. The molecule has 42 valence electrons. The number of hydrogen-bond acceptors (Lipinski definition) is 1. The van der Waals surface area contributed by atoms with E-state index in [0.717, 1.165) is 0 Å². The minimum absolute atomic E-state index is 0.267. The molecule has 7 heavy (non-hydrogen) atoms. The number of halogens is 2. The third kappa shape index (κ3) is 2.25. The molecule has 0 aliphatic heterocycles. The van der Waals surface area contributed by atoms with Crippen LogP contribution < -0.4 is 0 Å². The third-order valence-electron chi connectivity index (χ3n) is 0.657. The van der Waals surface area contributed by atoms with Crippen molar-refractivity contribution in [3.05, 3.63) is 0 Å². The molecule has 0 saturated heterocycles. The smallest absolute Gasteiger partial charge is 0.233 e. The van der Waals surface area contributed by atoms with Crippen molar-refractivity contribution < 1.29 is 8.78 Å². The van der Waals surface area contributed by atoms with Crippen molar-refractivity contribution in [3.8, 4) is 0 Å². The Bertz CT molecular complexity index is 70.1. The summed E-state index contributed by atoms with van der Waals surface area (Å²) in [6.45, 7) is 4.06. The molecule has 0 aliphatic carbocycles. The Kier molecular flexibility index (Phi) is 1.87. The summed E-state index contributed by atoms with van der Waals surface area (Å²) in [5.41, 5.74) is 0. The van der Waals surface area contributed by atoms with Crippen molar-refractivity contribution in [1.82, 2.24) is 0 Å². The highest BCUT2D eigenvalue weighted by atomic mass is 19.3. The van der Waals surface area contributed by atoms with Crippen LogP contribution in [0.3, 0.4) is 0 Å². The summed E-state index contributed by atoms with van der Waals surface area (Å²) in [6, 6.07) is -2.90. The Morgan fingerprint density at radius 2 is 2.14 bits per heavy atom. The molecular weight excluding hydrogens is 100 g/mol. The van der Waals surface area contributed by atoms with E-state index in [1.54, 1.807) is 0 Å². The van der Waals surface area contributed by atoms with E-state index in [-0.39, 0.29) is 6.42 Å². The topological polar surface area (TPSA) is 12.4 Å². The fraction of sp³-hybridized carbons (Fsp3) is 0.750. The van der Waals surface area contributed by atoms with Gasteiger partial charge in [0.2, 0.25) is 0 Å². The zero-order chi connectivity index (χ0) is 5.91. The second kappa shape index (κ2) is 2.00. The normalized spacial score (nSPS) is 11.3. The summed E-state index contributed by atoms with van der Waals surface area (Å²) in [7, 11) is 0. The van der Waals surface area contributed by atoms with Crippen LogP contribution in [0.15, 0.2) is 4.99 Å². The largest absolute Gasteiger partial charge is 0.341 e. The lowest BCUT2D eigenvalue weighted by Crippen LogP contribution is -2.07. The van der Waals surface area contributed by atoms with Gasteiger partial charge in [-0.05, 0) is 6.72 Å². The average Bonchev–Trinajstić information content (AvgIpc) is 1.68. The number of rotatable bonds is 2. The van der Waals surface area contributed by atoms with Crippen molar-refractivity contribution in [3.63, 3.8) is 0 Å². The van der Waals surface area contributed by atoms with Crippen LogP contribution in [-0.2, 0) is 0 Å². The number of hydrogen-bond donors (Lipinski definition) is 0. The first-order chi connectivity index (χ1) is 3.12. The molecule has 0 aromatic heterocycles. The van der Waals surface area contributed by atoms with E-state index in [0.29, 0.717) is 0 Å². The SMILES string of the molecule is C=NC(F)(F)CC. The van der Waals surface area contributed by atoms with Gasteiger partial charge in [-0.15, -0.1) is 0 Å². The predicted molar refractivity (Wildman–Crippen MR) is 24.8 cm³/mol. The van der Waals surface area contributed by atoms with Crippen molar-refractivity contribution in [2.75, 3.05) is 0 Å². The van der Waals surface area contributed by atoms with Crippen LogP contribution in [0.2, 0.25) is 0 Å². The van der Waals surface area contributed by atoms with Gasteiger partial charge >= 0.3 is 6.05 Å². The van der Waals surface area contributed by atoms with E-state index >= 15 is 0 Å². The van der Waals surface area contributed by atoms with E-state index in [1.807, 2.05) is 0 Å². The number of alkyl halides is 2. The maximum absolute atomic E-state index is 11.7. The van der Waals surface area contributed by atoms with Crippen LogP contribution in [0.4, 0.5) is 8.78 Å². The van der Waals surface area contributed by atoms with Gasteiger partial charge in [0.15, 0.2) is 0 Å². The summed E-state index contributed by atoms with van der Waals surface area (Å²) in [4.78, 5) is 2.56. The Morgan fingerprint density at radius 3 is 2.14 bits per heavy atom. The molecule has 0 aromatic carbocycles. The van der Waals surface area contributed by atoms with Crippen LogP contribution in [0.1, 0.15) is 13.3 Å². The van der Waals surface area contributed by atoms with Gasteiger partial charge in [-0.1, -0.05) is 6.92 Å². The van der Waals surface area contributed by atoms with Crippen molar-refractivity contribution in [2.24, 2.45) is 4.99 Å². The van der Waals surface area contributed by atoms with Gasteiger partial charge in [0, 0.05) is 6.42 Å². The predicted octanol–water partition coefficient (Wildman–Crippen LogP) is 1.69. The molecule has 0 aliphatic rings. The number of aliphatic imine (C=N–C) groups is 1. The van der Waals surface area contributed by atoms with Crippen LogP contribution in [0.25, 0.3) is 0 Å². The first-order valence-corrected chi connectivity index (χ1v) is 1.98. The lowest BCUT2D eigenvalue weighted by atomic mass is 10.4. The lowest BCUT2D eigenvalue weighted by molar-refractivity contribution is 0.00833. The summed E-state index contributed by atoms with van der Waals surface area (Å²) in [5.74, 6) is 0. The lowest BCUT2D eigenvalue weighted by Gasteiger charge is -2.03. The quantitative estimate of drug-likeness (QED) is 0.376. The second-order valence-corrected chi connectivity index (χ2v) is 1.18. The maximum Gasteiger partial charge on any atom is 0.341 e. The average molecular weight is 107 g/mol. The summed E-state index contributed by atoms with van der Waals surface area (Å²) in [5, 5.41) is 0. The molecule has 0 heterocycles. The van der Waals surface area contributed by atoms with Gasteiger partial charge < -0.3 is 0 Å². The highest BCUT2D eigenvalue weighted by molar-refractivity contribution is 5.24. The van der Waals surface area contributed by atoms with Crippen LogP contribution in [0.5, 0.6) is 0 Å². The van der Waals surface area contributed by atoms with Gasteiger partial charge in [0.25, 0.3) is 0 Å². The molecule has 0 unspecified atom stereocenters. The second-order valence-electron chi connectivity index (χ2n) is 1.18. The molecular formula is C4H7F2N. The first kappa shape index (κ1) is 6.53.